The summed E-state index contributed by atoms with van der Waals surface area (Å²) < 4.78 is 38.5. The monoisotopic (exact) mass is 497 g/mol. The predicted molar refractivity (Wildman–Crippen MR) is 135 cm³/mol. The highest BCUT2D eigenvalue weighted by atomic mass is 32.2. The van der Waals surface area contributed by atoms with E-state index in [2.05, 4.69) is 10.0 Å². The number of benzene rings is 3. The van der Waals surface area contributed by atoms with Crippen molar-refractivity contribution in [2.24, 2.45) is 0 Å². The molecule has 10 heteroatoms. The minimum atomic E-state index is -3.98. The van der Waals surface area contributed by atoms with Crippen LogP contribution in [0.2, 0.25) is 0 Å². The number of hydrogen-bond acceptors (Lipinski definition) is 7. The van der Waals surface area contributed by atoms with Crippen molar-refractivity contribution in [3.05, 3.63) is 78.4 Å². The Labute approximate surface area is 204 Å². The van der Waals surface area contributed by atoms with Gasteiger partial charge in [0.2, 0.25) is 0 Å². The molecule has 0 fully saturated rings. The number of rotatable bonds is 10. The minimum Gasteiger partial charge on any atom is -0.494 e. The predicted octanol–water partition coefficient (Wildman–Crippen LogP) is 3.75. The molecule has 0 heterocycles. The maximum atomic E-state index is 12.8. The van der Waals surface area contributed by atoms with Gasteiger partial charge in [0.1, 0.15) is 5.75 Å². The Morgan fingerprint density at radius 1 is 0.914 bits per heavy atom. The molecule has 0 aromatic heterocycles. The van der Waals surface area contributed by atoms with Crippen LogP contribution < -0.4 is 19.7 Å². The smallest absolute Gasteiger partial charge is 0.340 e. The number of hydrogen-bond donors (Lipinski definition) is 2. The van der Waals surface area contributed by atoms with Crippen LogP contribution in [-0.4, -0.2) is 47.6 Å². The summed E-state index contributed by atoms with van der Waals surface area (Å²) in [6.45, 7) is 1.75. The Morgan fingerprint density at radius 2 is 1.57 bits per heavy atom. The van der Waals surface area contributed by atoms with E-state index < -0.39 is 28.5 Å². The van der Waals surface area contributed by atoms with E-state index in [1.54, 1.807) is 36.4 Å². The number of carbonyl (C=O) groups excluding carboxylic acids is 2. The second-order valence-corrected chi connectivity index (χ2v) is 9.30. The van der Waals surface area contributed by atoms with Crippen molar-refractivity contribution >= 4 is 39.0 Å². The molecule has 0 aliphatic carbocycles. The number of esters is 1. The lowest BCUT2D eigenvalue weighted by Crippen LogP contribution is -2.22. The average Bonchev–Trinajstić information content (AvgIpc) is 2.83. The fourth-order valence-electron chi connectivity index (χ4n) is 3.08. The molecule has 3 rings (SSSR count). The van der Waals surface area contributed by atoms with Crippen molar-refractivity contribution in [2.75, 3.05) is 42.2 Å². The van der Waals surface area contributed by atoms with Gasteiger partial charge in [0, 0.05) is 25.5 Å². The number of carbonyl (C=O) groups is 2. The standard InChI is InChI=1S/C25H27N3O6S/c1-4-33-20-13-15-21(16-14-20)35(31,32)27-23-8-6-5-7-22(23)25(30)34-17-24(29)26-18-9-11-19(12-10-18)28(2)3/h5-16,27H,4,17H2,1-3H3,(H,26,29). The van der Waals surface area contributed by atoms with Crippen LogP contribution in [0.1, 0.15) is 17.3 Å². The van der Waals surface area contributed by atoms with E-state index in [1.165, 1.54) is 24.3 Å². The summed E-state index contributed by atoms with van der Waals surface area (Å²) in [4.78, 5) is 26.8. The molecule has 0 unspecified atom stereocenters. The Morgan fingerprint density at radius 3 is 2.20 bits per heavy atom. The van der Waals surface area contributed by atoms with E-state index in [4.69, 9.17) is 9.47 Å². The number of nitrogens with zero attached hydrogens (tertiary/aromatic N) is 1. The van der Waals surface area contributed by atoms with Gasteiger partial charge in [-0.2, -0.15) is 0 Å². The third kappa shape index (κ3) is 6.97. The molecule has 0 aliphatic heterocycles. The summed E-state index contributed by atoms with van der Waals surface area (Å²) in [6.07, 6.45) is 0. The van der Waals surface area contributed by atoms with Gasteiger partial charge < -0.3 is 19.7 Å². The number of nitrogens with one attached hydrogen (secondary N) is 2. The summed E-state index contributed by atoms with van der Waals surface area (Å²) in [5.41, 5.74) is 1.54. The van der Waals surface area contributed by atoms with Gasteiger partial charge in [0.25, 0.3) is 15.9 Å². The van der Waals surface area contributed by atoms with Gasteiger partial charge in [-0.25, -0.2) is 13.2 Å². The number of amides is 1. The van der Waals surface area contributed by atoms with Crippen LogP contribution in [0.15, 0.2) is 77.7 Å². The van der Waals surface area contributed by atoms with Gasteiger partial charge in [0.15, 0.2) is 6.61 Å². The molecule has 0 atom stereocenters. The molecule has 3 aromatic carbocycles. The highest BCUT2D eigenvalue weighted by Gasteiger charge is 2.20. The SMILES string of the molecule is CCOc1ccc(S(=O)(=O)Nc2ccccc2C(=O)OCC(=O)Nc2ccc(N(C)C)cc2)cc1. The fraction of sp³-hybridized carbons (Fsp3) is 0.200. The normalized spacial score (nSPS) is 10.8. The minimum absolute atomic E-state index is 0.00351. The molecule has 184 valence electrons. The molecule has 0 spiro atoms. The zero-order valence-electron chi connectivity index (χ0n) is 19.6. The van der Waals surface area contributed by atoms with Crippen LogP contribution in [0, 0.1) is 0 Å². The van der Waals surface area contributed by atoms with Gasteiger partial charge in [-0.3, -0.25) is 9.52 Å². The van der Waals surface area contributed by atoms with Crippen LogP contribution in [0.3, 0.4) is 0 Å². The van der Waals surface area contributed by atoms with E-state index in [1.807, 2.05) is 38.1 Å². The first-order valence-corrected chi connectivity index (χ1v) is 12.3. The first-order chi connectivity index (χ1) is 16.7. The Hall–Kier alpha value is -4.05. The number of sulfonamides is 1. The quantitative estimate of drug-likeness (QED) is 0.410. The molecule has 35 heavy (non-hydrogen) atoms. The van der Waals surface area contributed by atoms with E-state index in [-0.39, 0.29) is 16.1 Å². The van der Waals surface area contributed by atoms with Gasteiger partial charge in [0.05, 0.1) is 22.8 Å². The van der Waals surface area contributed by atoms with Crippen molar-refractivity contribution in [3.63, 3.8) is 0 Å². The Bertz CT molecular complexity index is 1270. The van der Waals surface area contributed by atoms with Crippen LogP contribution in [0.5, 0.6) is 5.75 Å². The van der Waals surface area contributed by atoms with Crippen molar-refractivity contribution in [2.45, 2.75) is 11.8 Å². The molecular formula is C25H27N3O6S. The Kier molecular flexibility index (Phi) is 8.32. The van der Waals surface area contributed by atoms with Crippen LogP contribution in [-0.2, 0) is 19.6 Å². The third-order valence-electron chi connectivity index (χ3n) is 4.84. The lowest BCUT2D eigenvalue weighted by atomic mass is 10.2. The summed E-state index contributed by atoms with van der Waals surface area (Å²) in [5.74, 6) is -0.821. The number of anilines is 3. The molecule has 0 aliphatic rings. The summed E-state index contributed by atoms with van der Waals surface area (Å²) in [6, 6.07) is 19.1. The largest absolute Gasteiger partial charge is 0.494 e. The van der Waals surface area contributed by atoms with Crippen LogP contribution in [0.25, 0.3) is 0 Å². The highest BCUT2D eigenvalue weighted by molar-refractivity contribution is 7.92. The number of para-hydroxylation sites is 1. The maximum Gasteiger partial charge on any atom is 0.340 e. The van der Waals surface area contributed by atoms with Gasteiger partial charge in [-0.15, -0.1) is 0 Å². The van der Waals surface area contributed by atoms with E-state index in [9.17, 15) is 18.0 Å². The van der Waals surface area contributed by atoms with E-state index >= 15 is 0 Å². The first-order valence-electron chi connectivity index (χ1n) is 10.8. The molecule has 9 nitrogen and oxygen atoms in total. The molecule has 0 bridgehead atoms. The fourth-order valence-corrected chi connectivity index (χ4v) is 4.16. The second-order valence-electron chi connectivity index (χ2n) is 7.62. The molecule has 2 N–H and O–H groups in total. The lowest BCUT2D eigenvalue weighted by molar-refractivity contribution is -0.119. The topological polar surface area (TPSA) is 114 Å². The second kappa shape index (κ2) is 11.4. The van der Waals surface area contributed by atoms with Crippen molar-refractivity contribution in [1.29, 1.82) is 0 Å². The van der Waals surface area contributed by atoms with Crippen molar-refractivity contribution in [3.8, 4) is 5.75 Å². The van der Waals surface area contributed by atoms with Crippen molar-refractivity contribution < 1.29 is 27.5 Å². The van der Waals surface area contributed by atoms with E-state index in [0.717, 1.165) is 5.69 Å². The molecule has 0 saturated carbocycles. The molecule has 1 amide bonds. The molecule has 0 radical (unpaired) electrons. The van der Waals surface area contributed by atoms with Gasteiger partial charge in [-0.05, 0) is 67.6 Å². The van der Waals surface area contributed by atoms with E-state index in [0.29, 0.717) is 18.0 Å². The third-order valence-corrected chi connectivity index (χ3v) is 6.22. The molecular weight excluding hydrogens is 470 g/mol. The van der Waals surface area contributed by atoms with Crippen LogP contribution in [0.4, 0.5) is 17.1 Å². The zero-order chi connectivity index (χ0) is 25.4. The molecule has 3 aromatic rings. The average molecular weight is 498 g/mol. The van der Waals surface area contributed by atoms with Crippen LogP contribution >= 0.6 is 0 Å². The maximum absolute atomic E-state index is 12.8. The Balaban J connectivity index is 1.64. The summed E-state index contributed by atoms with van der Waals surface area (Å²) in [7, 11) is -0.167. The molecule has 0 saturated heterocycles. The van der Waals surface area contributed by atoms with Crippen molar-refractivity contribution in [1.82, 2.24) is 0 Å². The van der Waals surface area contributed by atoms with Gasteiger partial charge in [-0.1, -0.05) is 12.1 Å². The highest BCUT2D eigenvalue weighted by Crippen LogP contribution is 2.23. The summed E-state index contributed by atoms with van der Waals surface area (Å²) in [5, 5.41) is 2.65. The lowest BCUT2D eigenvalue weighted by Gasteiger charge is -2.14. The van der Waals surface area contributed by atoms with Gasteiger partial charge >= 0.3 is 5.97 Å². The summed E-state index contributed by atoms with van der Waals surface area (Å²) >= 11 is 0. The number of ether oxygens (including phenoxy) is 2. The zero-order valence-corrected chi connectivity index (χ0v) is 20.5. The first kappa shape index (κ1) is 25.6.